The van der Waals surface area contributed by atoms with Gasteiger partial charge in [0.25, 0.3) is 0 Å². The molecule has 1 nitrogen and oxygen atoms in total. The predicted octanol–water partition coefficient (Wildman–Crippen LogP) is 17.5. The zero-order chi connectivity index (χ0) is 42.0. The maximum absolute atomic E-state index is 2.45. The standard InChI is InChI=1S/C62H43N/c1-7-21-44(22-8-1)53-38-35-50(41-58(53)46-25-11-3-12-26-46)63(51-36-39-54(45-23-9-2-10-24-45)59(42-51)47-27-13-4-14-28-47)52-37-40-57-60(43-52)55-33-19-20-34-56(55)61(48-29-15-5-16-30-48)62(57)49-31-17-6-18-32-49/h1-43H. The summed E-state index contributed by atoms with van der Waals surface area (Å²) in [6, 6.07) is 94.7. The van der Waals surface area contributed by atoms with E-state index in [-0.39, 0.29) is 0 Å². The van der Waals surface area contributed by atoms with Crippen molar-refractivity contribution in [3.05, 3.63) is 261 Å². The van der Waals surface area contributed by atoms with Crippen LogP contribution >= 0.6 is 0 Å². The summed E-state index contributed by atoms with van der Waals surface area (Å²) in [5.74, 6) is 0. The second-order valence-electron chi connectivity index (χ2n) is 16.0. The lowest BCUT2D eigenvalue weighted by atomic mass is 9.85. The number of hydrogen-bond donors (Lipinski definition) is 0. The lowest BCUT2D eigenvalue weighted by molar-refractivity contribution is 1.29. The van der Waals surface area contributed by atoms with Crippen molar-refractivity contribution in [2.45, 2.75) is 0 Å². The molecule has 0 N–H and O–H groups in total. The van der Waals surface area contributed by atoms with Crippen molar-refractivity contribution in [1.29, 1.82) is 0 Å². The lowest BCUT2D eigenvalue weighted by Gasteiger charge is -2.29. The third-order valence-corrected chi connectivity index (χ3v) is 12.3. The van der Waals surface area contributed by atoms with Crippen molar-refractivity contribution in [2.75, 3.05) is 4.90 Å². The minimum atomic E-state index is 1.08. The van der Waals surface area contributed by atoms with Crippen LogP contribution in [0.3, 0.4) is 0 Å². The van der Waals surface area contributed by atoms with Crippen molar-refractivity contribution >= 4 is 38.6 Å². The number of benzene rings is 11. The van der Waals surface area contributed by atoms with E-state index < -0.39 is 0 Å². The van der Waals surface area contributed by atoms with Crippen LogP contribution in [0.2, 0.25) is 0 Å². The largest absolute Gasteiger partial charge is 0.310 e. The number of nitrogens with zero attached hydrogens (tertiary/aromatic N) is 1. The van der Waals surface area contributed by atoms with Crippen molar-refractivity contribution in [2.24, 2.45) is 0 Å². The molecule has 0 fully saturated rings. The van der Waals surface area contributed by atoms with Gasteiger partial charge in [-0.25, -0.2) is 0 Å². The molecular formula is C62H43N. The van der Waals surface area contributed by atoms with Crippen molar-refractivity contribution in [3.63, 3.8) is 0 Å². The van der Waals surface area contributed by atoms with E-state index in [0.717, 1.165) is 17.1 Å². The molecule has 11 rings (SSSR count). The molecule has 0 spiro atoms. The summed E-state index contributed by atoms with van der Waals surface area (Å²) >= 11 is 0. The van der Waals surface area contributed by atoms with Gasteiger partial charge in [0.2, 0.25) is 0 Å². The first-order valence-electron chi connectivity index (χ1n) is 21.7. The van der Waals surface area contributed by atoms with Gasteiger partial charge in [-0.05, 0) is 125 Å². The predicted molar refractivity (Wildman–Crippen MR) is 269 cm³/mol. The second kappa shape index (κ2) is 16.7. The van der Waals surface area contributed by atoms with Crippen LogP contribution in [0, 0.1) is 0 Å². The van der Waals surface area contributed by atoms with E-state index in [4.69, 9.17) is 0 Å². The van der Waals surface area contributed by atoms with E-state index in [2.05, 4.69) is 266 Å². The van der Waals surface area contributed by atoms with Crippen molar-refractivity contribution < 1.29 is 0 Å². The van der Waals surface area contributed by atoms with E-state index in [9.17, 15) is 0 Å². The molecule has 0 saturated carbocycles. The fourth-order valence-corrected chi connectivity index (χ4v) is 9.37. The molecule has 0 aromatic heterocycles. The third kappa shape index (κ3) is 7.16. The van der Waals surface area contributed by atoms with E-state index in [0.29, 0.717) is 0 Å². The third-order valence-electron chi connectivity index (χ3n) is 12.3. The zero-order valence-electron chi connectivity index (χ0n) is 34.8. The fourth-order valence-electron chi connectivity index (χ4n) is 9.37. The minimum Gasteiger partial charge on any atom is -0.310 e. The SMILES string of the molecule is c1ccc(-c2ccc(N(c3ccc(-c4ccccc4)c(-c4ccccc4)c3)c3ccc4c(-c5ccccc5)c(-c5ccccc5)c5ccccc5c4c3)cc2-c2ccccc2)cc1. The molecule has 0 atom stereocenters. The summed E-state index contributed by atoms with van der Waals surface area (Å²) < 4.78 is 0. The molecule has 0 aliphatic rings. The molecule has 0 saturated heterocycles. The zero-order valence-corrected chi connectivity index (χ0v) is 34.8. The monoisotopic (exact) mass is 801 g/mol. The van der Waals surface area contributed by atoms with Gasteiger partial charge in [-0.1, -0.05) is 224 Å². The van der Waals surface area contributed by atoms with E-state index in [1.165, 1.54) is 88.3 Å². The van der Waals surface area contributed by atoms with Crippen LogP contribution in [0.1, 0.15) is 0 Å². The molecule has 0 amide bonds. The highest BCUT2D eigenvalue weighted by atomic mass is 15.1. The Balaban J connectivity index is 1.20. The van der Waals surface area contributed by atoms with Crippen LogP contribution < -0.4 is 4.90 Å². The Kier molecular flexibility index (Phi) is 9.97. The van der Waals surface area contributed by atoms with Gasteiger partial charge in [0.05, 0.1) is 0 Å². The van der Waals surface area contributed by atoms with Crippen molar-refractivity contribution in [3.8, 4) is 66.8 Å². The van der Waals surface area contributed by atoms with Gasteiger partial charge in [0, 0.05) is 17.1 Å². The molecule has 0 bridgehead atoms. The maximum atomic E-state index is 2.45. The van der Waals surface area contributed by atoms with Gasteiger partial charge >= 0.3 is 0 Å². The number of anilines is 3. The average molecular weight is 802 g/mol. The minimum absolute atomic E-state index is 1.08. The number of hydrogen-bond acceptors (Lipinski definition) is 1. The molecule has 11 aromatic rings. The van der Waals surface area contributed by atoms with Gasteiger partial charge in [-0.15, -0.1) is 0 Å². The normalized spacial score (nSPS) is 11.2. The summed E-state index contributed by atoms with van der Waals surface area (Å²) in [6.07, 6.45) is 0. The highest BCUT2D eigenvalue weighted by molar-refractivity contribution is 6.22. The molecule has 1 heteroatoms. The average Bonchev–Trinajstić information content (AvgIpc) is 3.37. The maximum Gasteiger partial charge on any atom is 0.0468 e. The molecule has 296 valence electrons. The summed E-state index contributed by atoms with van der Waals surface area (Å²) in [4.78, 5) is 2.45. The quantitative estimate of drug-likeness (QED) is 0.131. The Morgan fingerprint density at radius 1 is 0.190 bits per heavy atom. The Labute approximate surface area is 369 Å². The molecule has 0 aliphatic carbocycles. The van der Waals surface area contributed by atoms with E-state index in [1.54, 1.807) is 0 Å². The highest BCUT2D eigenvalue weighted by Gasteiger charge is 2.22. The van der Waals surface area contributed by atoms with E-state index in [1.807, 2.05) is 0 Å². The topological polar surface area (TPSA) is 3.24 Å². The molecule has 11 aromatic carbocycles. The molecule has 63 heavy (non-hydrogen) atoms. The van der Waals surface area contributed by atoms with Crippen LogP contribution in [0.4, 0.5) is 17.1 Å². The van der Waals surface area contributed by atoms with Gasteiger partial charge in [0.15, 0.2) is 0 Å². The van der Waals surface area contributed by atoms with Gasteiger partial charge in [0.1, 0.15) is 0 Å². The van der Waals surface area contributed by atoms with Crippen LogP contribution in [0.15, 0.2) is 261 Å². The smallest absolute Gasteiger partial charge is 0.0468 e. The summed E-state index contributed by atoms with van der Waals surface area (Å²) in [7, 11) is 0. The van der Waals surface area contributed by atoms with Crippen LogP contribution in [0.25, 0.3) is 88.3 Å². The highest BCUT2D eigenvalue weighted by Crippen LogP contribution is 2.48. The lowest BCUT2D eigenvalue weighted by Crippen LogP contribution is -2.11. The molecule has 0 heterocycles. The Morgan fingerprint density at radius 2 is 0.492 bits per heavy atom. The first-order valence-corrected chi connectivity index (χ1v) is 21.7. The molecule has 0 aliphatic heterocycles. The molecular weight excluding hydrogens is 759 g/mol. The summed E-state index contributed by atoms with van der Waals surface area (Å²) in [5.41, 5.74) is 17.6. The van der Waals surface area contributed by atoms with Gasteiger partial charge in [-0.3, -0.25) is 0 Å². The van der Waals surface area contributed by atoms with Gasteiger partial charge < -0.3 is 4.90 Å². The Bertz CT molecular complexity index is 3220. The van der Waals surface area contributed by atoms with Crippen LogP contribution in [0.5, 0.6) is 0 Å². The van der Waals surface area contributed by atoms with Crippen LogP contribution in [-0.2, 0) is 0 Å². The number of fused-ring (bicyclic) bond motifs is 3. The van der Waals surface area contributed by atoms with Gasteiger partial charge in [-0.2, -0.15) is 0 Å². The summed E-state index contributed by atoms with van der Waals surface area (Å²) in [5, 5.41) is 4.88. The Hall–Kier alpha value is -8.26. The first kappa shape index (κ1) is 37.7. The first-order chi connectivity index (χ1) is 31.3. The molecule has 0 unspecified atom stereocenters. The summed E-state index contributed by atoms with van der Waals surface area (Å²) in [6.45, 7) is 0. The second-order valence-corrected chi connectivity index (χ2v) is 16.0. The molecule has 0 radical (unpaired) electrons. The fraction of sp³-hybridized carbons (Fsp3) is 0. The van der Waals surface area contributed by atoms with Crippen molar-refractivity contribution in [1.82, 2.24) is 0 Å². The van der Waals surface area contributed by atoms with E-state index >= 15 is 0 Å². The Morgan fingerprint density at radius 3 is 0.905 bits per heavy atom. The number of rotatable bonds is 9. The van der Waals surface area contributed by atoms with Crippen LogP contribution in [-0.4, -0.2) is 0 Å².